The van der Waals surface area contributed by atoms with Gasteiger partial charge in [0.1, 0.15) is 11.5 Å². The molecular formula is C18H20O4. The summed E-state index contributed by atoms with van der Waals surface area (Å²) in [4.78, 5) is 11.4. The van der Waals surface area contributed by atoms with Gasteiger partial charge >= 0.3 is 5.97 Å². The van der Waals surface area contributed by atoms with Gasteiger partial charge in [-0.25, -0.2) is 4.79 Å². The van der Waals surface area contributed by atoms with Crippen molar-refractivity contribution in [3.63, 3.8) is 0 Å². The molecule has 4 heteroatoms. The molecular weight excluding hydrogens is 280 g/mol. The van der Waals surface area contributed by atoms with Gasteiger partial charge in [0, 0.05) is 6.42 Å². The molecule has 0 fully saturated rings. The molecule has 116 valence electrons. The summed E-state index contributed by atoms with van der Waals surface area (Å²) in [5.41, 5.74) is 1.92. The van der Waals surface area contributed by atoms with Gasteiger partial charge in [0.15, 0.2) is 6.10 Å². The van der Waals surface area contributed by atoms with E-state index in [1.165, 1.54) is 0 Å². The van der Waals surface area contributed by atoms with E-state index < -0.39 is 12.1 Å². The number of aliphatic carboxylic acids is 1. The molecule has 1 N–H and O–H groups in total. The first-order valence-corrected chi connectivity index (χ1v) is 7.26. The minimum atomic E-state index is -0.976. The summed E-state index contributed by atoms with van der Waals surface area (Å²) in [5.74, 6) is 0.367. The monoisotopic (exact) mass is 300 g/mol. The molecule has 0 aromatic heterocycles. The van der Waals surface area contributed by atoms with Crippen molar-refractivity contribution in [2.45, 2.75) is 26.4 Å². The average Bonchev–Trinajstić information content (AvgIpc) is 2.49. The SMILES string of the molecule is CCOc1ccc(C[C@@H](Oc2cccc(C)c2)C(=O)O)cc1. The van der Waals surface area contributed by atoms with Gasteiger partial charge in [-0.1, -0.05) is 24.3 Å². The summed E-state index contributed by atoms with van der Waals surface area (Å²) in [6.07, 6.45) is -0.616. The van der Waals surface area contributed by atoms with E-state index in [4.69, 9.17) is 9.47 Å². The molecule has 0 heterocycles. The van der Waals surface area contributed by atoms with Gasteiger partial charge in [0.25, 0.3) is 0 Å². The van der Waals surface area contributed by atoms with E-state index in [9.17, 15) is 9.90 Å². The van der Waals surface area contributed by atoms with Gasteiger partial charge in [0.2, 0.25) is 0 Å². The lowest BCUT2D eigenvalue weighted by Gasteiger charge is -2.16. The van der Waals surface area contributed by atoms with Crippen molar-refractivity contribution < 1.29 is 19.4 Å². The lowest BCUT2D eigenvalue weighted by atomic mass is 10.1. The van der Waals surface area contributed by atoms with E-state index in [1.807, 2.05) is 56.3 Å². The molecule has 22 heavy (non-hydrogen) atoms. The fourth-order valence-corrected chi connectivity index (χ4v) is 2.13. The van der Waals surface area contributed by atoms with E-state index in [1.54, 1.807) is 6.07 Å². The highest BCUT2D eigenvalue weighted by Crippen LogP contribution is 2.18. The van der Waals surface area contributed by atoms with Crippen molar-refractivity contribution in [1.29, 1.82) is 0 Å². The molecule has 0 radical (unpaired) electrons. The molecule has 2 aromatic rings. The minimum Gasteiger partial charge on any atom is -0.494 e. The highest BCUT2D eigenvalue weighted by Gasteiger charge is 2.20. The maximum Gasteiger partial charge on any atom is 0.345 e. The summed E-state index contributed by atoms with van der Waals surface area (Å²) in [5, 5.41) is 9.35. The van der Waals surface area contributed by atoms with Crippen molar-refractivity contribution in [3.8, 4) is 11.5 Å². The Hall–Kier alpha value is -2.49. The Balaban J connectivity index is 2.07. The molecule has 0 spiro atoms. The normalized spacial score (nSPS) is 11.7. The quantitative estimate of drug-likeness (QED) is 0.850. The van der Waals surface area contributed by atoms with Gasteiger partial charge in [0.05, 0.1) is 6.61 Å². The van der Waals surface area contributed by atoms with Crippen LogP contribution in [0.1, 0.15) is 18.1 Å². The predicted molar refractivity (Wildman–Crippen MR) is 84.5 cm³/mol. The fraction of sp³-hybridized carbons (Fsp3) is 0.278. The summed E-state index contributed by atoms with van der Waals surface area (Å²) in [6.45, 7) is 4.46. The molecule has 0 saturated carbocycles. The molecule has 0 bridgehead atoms. The summed E-state index contributed by atoms with van der Waals surface area (Å²) < 4.78 is 11.0. The molecule has 1 atom stereocenters. The van der Waals surface area contributed by atoms with Crippen LogP contribution in [0.25, 0.3) is 0 Å². The number of benzene rings is 2. The third-order valence-corrected chi connectivity index (χ3v) is 3.20. The van der Waals surface area contributed by atoms with Crippen LogP contribution in [0.4, 0.5) is 0 Å². The second-order valence-electron chi connectivity index (χ2n) is 5.04. The molecule has 0 aliphatic heterocycles. The fourth-order valence-electron chi connectivity index (χ4n) is 2.13. The summed E-state index contributed by atoms with van der Waals surface area (Å²) >= 11 is 0. The maximum absolute atomic E-state index is 11.4. The number of carboxylic acid groups (broad SMARTS) is 1. The predicted octanol–water partition coefficient (Wildman–Crippen LogP) is 3.47. The number of carbonyl (C=O) groups is 1. The number of ether oxygens (including phenoxy) is 2. The van der Waals surface area contributed by atoms with Crippen LogP contribution in [-0.4, -0.2) is 23.8 Å². The van der Waals surface area contributed by atoms with E-state index in [0.29, 0.717) is 18.8 Å². The lowest BCUT2D eigenvalue weighted by Crippen LogP contribution is -2.29. The highest BCUT2D eigenvalue weighted by molar-refractivity contribution is 5.73. The largest absolute Gasteiger partial charge is 0.494 e. The van der Waals surface area contributed by atoms with Gasteiger partial charge < -0.3 is 14.6 Å². The zero-order valence-electron chi connectivity index (χ0n) is 12.8. The minimum absolute atomic E-state index is 0.301. The molecule has 0 amide bonds. The lowest BCUT2D eigenvalue weighted by molar-refractivity contribution is -0.145. The smallest absolute Gasteiger partial charge is 0.345 e. The average molecular weight is 300 g/mol. The van der Waals surface area contributed by atoms with Crippen LogP contribution < -0.4 is 9.47 Å². The van der Waals surface area contributed by atoms with Crippen LogP contribution >= 0.6 is 0 Å². The Morgan fingerprint density at radius 3 is 2.45 bits per heavy atom. The molecule has 0 saturated heterocycles. The van der Waals surface area contributed by atoms with Crippen LogP contribution in [0.2, 0.25) is 0 Å². The molecule has 0 unspecified atom stereocenters. The van der Waals surface area contributed by atoms with Gasteiger partial charge in [-0.15, -0.1) is 0 Å². The topological polar surface area (TPSA) is 55.8 Å². The number of hydrogen-bond acceptors (Lipinski definition) is 3. The number of rotatable bonds is 7. The van der Waals surface area contributed by atoms with E-state index >= 15 is 0 Å². The van der Waals surface area contributed by atoms with Crippen molar-refractivity contribution in [1.82, 2.24) is 0 Å². The maximum atomic E-state index is 11.4. The van der Waals surface area contributed by atoms with Gasteiger partial charge in [-0.3, -0.25) is 0 Å². The van der Waals surface area contributed by atoms with Gasteiger partial charge in [-0.2, -0.15) is 0 Å². The molecule has 2 rings (SSSR count). The van der Waals surface area contributed by atoms with E-state index in [0.717, 1.165) is 16.9 Å². The first-order valence-electron chi connectivity index (χ1n) is 7.26. The first-order chi connectivity index (χ1) is 10.6. The van der Waals surface area contributed by atoms with Crippen LogP contribution in [0, 0.1) is 6.92 Å². The molecule has 0 aliphatic rings. The zero-order valence-corrected chi connectivity index (χ0v) is 12.8. The number of hydrogen-bond donors (Lipinski definition) is 1. The van der Waals surface area contributed by atoms with Crippen LogP contribution in [0.5, 0.6) is 11.5 Å². The zero-order chi connectivity index (χ0) is 15.9. The third kappa shape index (κ3) is 4.52. The third-order valence-electron chi connectivity index (χ3n) is 3.20. The molecule has 4 nitrogen and oxygen atoms in total. The Morgan fingerprint density at radius 2 is 1.86 bits per heavy atom. The Bertz CT molecular complexity index is 619. The Labute approximate surface area is 130 Å². The van der Waals surface area contributed by atoms with E-state index in [2.05, 4.69) is 0 Å². The Morgan fingerprint density at radius 1 is 1.14 bits per heavy atom. The van der Waals surface area contributed by atoms with Crippen molar-refractivity contribution >= 4 is 5.97 Å². The second-order valence-corrected chi connectivity index (χ2v) is 5.04. The van der Waals surface area contributed by atoms with Crippen molar-refractivity contribution in [2.24, 2.45) is 0 Å². The number of carboxylic acids is 1. The van der Waals surface area contributed by atoms with Crippen LogP contribution in [0.3, 0.4) is 0 Å². The first kappa shape index (κ1) is 15.9. The highest BCUT2D eigenvalue weighted by atomic mass is 16.5. The summed E-state index contributed by atoms with van der Waals surface area (Å²) in [7, 11) is 0. The molecule has 2 aromatic carbocycles. The van der Waals surface area contributed by atoms with Crippen LogP contribution in [0.15, 0.2) is 48.5 Å². The summed E-state index contributed by atoms with van der Waals surface area (Å²) in [6, 6.07) is 14.8. The van der Waals surface area contributed by atoms with Crippen LogP contribution in [-0.2, 0) is 11.2 Å². The standard InChI is InChI=1S/C18H20O4/c1-3-21-15-9-7-14(8-10-15)12-17(18(19)20)22-16-6-4-5-13(2)11-16/h4-11,17H,3,12H2,1-2H3,(H,19,20)/t17-/m1/s1. The molecule has 0 aliphatic carbocycles. The Kier molecular flexibility index (Phi) is 5.42. The number of aryl methyl sites for hydroxylation is 1. The second kappa shape index (κ2) is 7.50. The van der Waals surface area contributed by atoms with E-state index in [-0.39, 0.29) is 0 Å². The van der Waals surface area contributed by atoms with Gasteiger partial charge in [-0.05, 0) is 49.2 Å². The van der Waals surface area contributed by atoms with Crippen molar-refractivity contribution in [2.75, 3.05) is 6.61 Å². The van der Waals surface area contributed by atoms with Crippen molar-refractivity contribution in [3.05, 3.63) is 59.7 Å².